The van der Waals surface area contributed by atoms with Gasteiger partial charge in [0, 0.05) is 33.4 Å². The molecule has 11 rings (SSSR count). The van der Waals surface area contributed by atoms with Gasteiger partial charge in [0.2, 0.25) is 0 Å². The topological polar surface area (TPSA) is 77.3 Å². The zero-order valence-electron chi connectivity index (χ0n) is 32.5. The van der Waals surface area contributed by atoms with Crippen molar-refractivity contribution in [2.75, 3.05) is 0 Å². The average Bonchev–Trinajstić information content (AvgIpc) is 3.95. The molecule has 282 valence electrons. The number of rotatable bonds is 8. The Morgan fingerprint density at radius 1 is 0.356 bits per heavy atom. The van der Waals surface area contributed by atoms with Crippen molar-refractivity contribution in [3.8, 4) is 79.5 Å². The van der Waals surface area contributed by atoms with Gasteiger partial charge in [-0.05, 0) is 89.1 Å². The van der Waals surface area contributed by atoms with Crippen molar-refractivity contribution in [2.45, 2.75) is 37.5 Å². The van der Waals surface area contributed by atoms with Crippen molar-refractivity contribution in [1.29, 1.82) is 0 Å². The zero-order chi connectivity index (χ0) is 39.2. The molecule has 0 saturated heterocycles. The van der Waals surface area contributed by atoms with Crippen LogP contribution < -0.4 is 0 Å². The summed E-state index contributed by atoms with van der Waals surface area (Å²) in [4.78, 5) is 30.3. The molecule has 0 unspecified atom stereocenters. The summed E-state index contributed by atoms with van der Waals surface area (Å²) in [7, 11) is 0. The molecule has 2 aromatic heterocycles. The molecule has 2 heterocycles. The van der Waals surface area contributed by atoms with Crippen LogP contribution in [0.5, 0.6) is 0 Å². The van der Waals surface area contributed by atoms with Gasteiger partial charge in [-0.1, -0.05) is 158 Å². The molecule has 0 spiro atoms. The van der Waals surface area contributed by atoms with E-state index in [9.17, 15) is 0 Å². The quantitative estimate of drug-likeness (QED) is 0.153. The van der Waals surface area contributed by atoms with Crippen LogP contribution in [0.1, 0.15) is 37.7 Å². The van der Waals surface area contributed by atoms with Crippen LogP contribution in [0.25, 0.3) is 90.2 Å². The third-order valence-corrected chi connectivity index (χ3v) is 12.4. The lowest BCUT2D eigenvalue weighted by Gasteiger charge is -2.27. The average molecular weight is 761 g/mol. The monoisotopic (exact) mass is 760 g/mol. The lowest BCUT2D eigenvalue weighted by atomic mass is 9.77. The highest BCUT2D eigenvalue weighted by Crippen LogP contribution is 2.55. The van der Waals surface area contributed by atoms with Crippen LogP contribution >= 0.6 is 0 Å². The van der Waals surface area contributed by atoms with Crippen LogP contribution in [0, 0.1) is 5.92 Å². The van der Waals surface area contributed by atoms with Gasteiger partial charge in [0.05, 0.1) is 0 Å². The Bertz CT molecular complexity index is 2900. The molecular weight excluding hydrogens is 721 g/mol. The van der Waals surface area contributed by atoms with Crippen LogP contribution in [0.4, 0.5) is 0 Å². The van der Waals surface area contributed by atoms with Gasteiger partial charge >= 0.3 is 0 Å². The van der Waals surface area contributed by atoms with Gasteiger partial charge in [-0.15, -0.1) is 0 Å². The Kier molecular flexibility index (Phi) is 8.69. The molecular formula is C53H40N6. The van der Waals surface area contributed by atoms with E-state index >= 15 is 0 Å². The van der Waals surface area contributed by atoms with E-state index in [0.717, 1.165) is 61.2 Å². The van der Waals surface area contributed by atoms with Crippen molar-refractivity contribution < 1.29 is 0 Å². The van der Waals surface area contributed by atoms with E-state index in [-0.39, 0.29) is 0 Å². The minimum absolute atomic E-state index is 0.300. The van der Waals surface area contributed by atoms with Crippen LogP contribution in [-0.2, 0) is 5.41 Å². The fourth-order valence-electron chi connectivity index (χ4n) is 9.35. The molecule has 6 nitrogen and oxygen atoms in total. The van der Waals surface area contributed by atoms with Crippen LogP contribution in [0.15, 0.2) is 176 Å². The number of hydrogen-bond donors (Lipinski definition) is 0. The predicted molar refractivity (Wildman–Crippen MR) is 237 cm³/mol. The van der Waals surface area contributed by atoms with Crippen LogP contribution in [-0.4, -0.2) is 29.9 Å². The lowest BCUT2D eigenvalue weighted by molar-refractivity contribution is 0.419. The summed E-state index contributed by atoms with van der Waals surface area (Å²) in [6, 6.07) is 60.9. The molecule has 0 aliphatic heterocycles. The summed E-state index contributed by atoms with van der Waals surface area (Å²) in [5.74, 6) is 4.78. The Morgan fingerprint density at radius 3 is 1.32 bits per heavy atom. The van der Waals surface area contributed by atoms with Gasteiger partial charge in [0.25, 0.3) is 0 Å². The van der Waals surface area contributed by atoms with Crippen molar-refractivity contribution in [3.05, 3.63) is 181 Å². The zero-order valence-corrected chi connectivity index (χ0v) is 32.5. The number of hydrogen-bond acceptors (Lipinski definition) is 6. The van der Waals surface area contributed by atoms with Crippen LogP contribution in [0.3, 0.4) is 0 Å². The van der Waals surface area contributed by atoms with Gasteiger partial charge in [0.15, 0.2) is 34.9 Å². The summed E-state index contributed by atoms with van der Waals surface area (Å²) < 4.78 is 0. The molecule has 9 aromatic rings. The Balaban J connectivity index is 1.00. The minimum atomic E-state index is 0.300. The van der Waals surface area contributed by atoms with Gasteiger partial charge in [0.1, 0.15) is 0 Å². The molecule has 7 aromatic carbocycles. The highest BCUT2D eigenvalue weighted by Gasteiger charge is 2.45. The molecule has 2 aliphatic rings. The van der Waals surface area contributed by atoms with E-state index in [4.69, 9.17) is 29.9 Å². The minimum Gasteiger partial charge on any atom is -0.208 e. The third kappa shape index (κ3) is 6.66. The molecule has 0 atom stereocenters. The molecule has 2 saturated carbocycles. The second-order valence-corrected chi connectivity index (χ2v) is 16.0. The number of benzene rings is 7. The van der Waals surface area contributed by atoms with E-state index in [1.807, 2.05) is 78.9 Å². The molecule has 0 radical (unpaired) electrons. The molecule has 2 bridgehead atoms. The van der Waals surface area contributed by atoms with Crippen molar-refractivity contribution in [2.24, 2.45) is 5.92 Å². The van der Waals surface area contributed by atoms with Gasteiger partial charge in [-0.2, -0.15) is 0 Å². The number of fused-ring (bicyclic) bond motifs is 3. The first-order valence-corrected chi connectivity index (χ1v) is 20.6. The predicted octanol–water partition coefficient (Wildman–Crippen LogP) is 12.7. The summed E-state index contributed by atoms with van der Waals surface area (Å²) in [5.41, 5.74) is 9.62. The Morgan fingerprint density at radius 2 is 0.797 bits per heavy atom. The van der Waals surface area contributed by atoms with E-state index in [1.165, 1.54) is 37.7 Å². The van der Waals surface area contributed by atoms with E-state index in [1.54, 1.807) is 0 Å². The van der Waals surface area contributed by atoms with Crippen molar-refractivity contribution in [1.82, 2.24) is 29.9 Å². The maximum absolute atomic E-state index is 5.15. The van der Waals surface area contributed by atoms with Gasteiger partial charge < -0.3 is 0 Å². The SMILES string of the molecule is c1ccc(-c2nc(-c3ccc(-c4cc(-c5nc(-c6ccccc6)nc(-c6ccccc6)n5)cc5ccccc45)cc3)nc(-c3cccc(C45CCC(CC4)C5)c3)n2)cc1. The molecule has 6 heteroatoms. The van der Waals surface area contributed by atoms with E-state index in [0.29, 0.717) is 40.4 Å². The Hall–Kier alpha value is -7.18. The van der Waals surface area contributed by atoms with E-state index < -0.39 is 0 Å². The first-order chi connectivity index (χ1) is 29.1. The van der Waals surface area contributed by atoms with E-state index in [2.05, 4.69) is 97.1 Å². The van der Waals surface area contributed by atoms with Crippen LogP contribution in [0.2, 0.25) is 0 Å². The first-order valence-electron chi connectivity index (χ1n) is 20.6. The van der Waals surface area contributed by atoms with Crippen molar-refractivity contribution >= 4 is 10.8 Å². The molecule has 59 heavy (non-hydrogen) atoms. The summed E-state index contributed by atoms with van der Waals surface area (Å²) in [6.07, 6.45) is 6.55. The maximum atomic E-state index is 5.15. The third-order valence-electron chi connectivity index (χ3n) is 12.4. The number of aromatic nitrogens is 6. The molecule has 2 fully saturated rings. The highest BCUT2D eigenvalue weighted by molar-refractivity contribution is 6.00. The lowest BCUT2D eigenvalue weighted by Crippen LogP contribution is -2.19. The molecule has 0 N–H and O–H groups in total. The second kappa shape index (κ2) is 14.6. The Labute approximate surface area is 343 Å². The molecule has 2 aliphatic carbocycles. The first kappa shape index (κ1) is 35.0. The normalized spacial score (nSPS) is 17.1. The van der Waals surface area contributed by atoms with Gasteiger partial charge in [-0.3, -0.25) is 0 Å². The summed E-state index contributed by atoms with van der Waals surface area (Å²) in [6.45, 7) is 0. The summed E-state index contributed by atoms with van der Waals surface area (Å²) in [5, 5.41) is 2.25. The standard InChI is InChI=1S/C53H40N6/c1-4-13-37(14-5-1)47-55-50(57-51(56-47)42-20-12-21-44(32-42)53-29-27-35(34-53)28-30-53)40-25-23-36(24-26-40)46-33-43(31-41-19-10-11-22-45(41)46)52-58-48(38-15-6-2-7-16-38)54-49(59-52)39-17-8-3-9-18-39/h1-26,31-33,35H,27-30,34H2. The second-order valence-electron chi connectivity index (χ2n) is 16.0. The highest BCUT2D eigenvalue weighted by atomic mass is 15.0. The smallest absolute Gasteiger partial charge is 0.164 e. The maximum Gasteiger partial charge on any atom is 0.164 e. The van der Waals surface area contributed by atoms with Crippen molar-refractivity contribution in [3.63, 3.8) is 0 Å². The fourth-order valence-corrected chi connectivity index (χ4v) is 9.35. The number of nitrogens with zero attached hydrogens (tertiary/aromatic N) is 6. The van der Waals surface area contributed by atoms with Gasteiger partial charge in [-0.25, -0.2) is 29.9 Å². The molecule has 0 amide bonds. The largest absolute Gasteiger partial charge is 0.208 e. The fraction of sp³-hybridized carbons (Fsp3) is 0.132. The summed E-state index contributed by atoms with van der Waals surface area (Å²) >= 11 is 0.